The van der Waals surface area contributed by atoms with Crippen LogP contribution >= 0.6 is 22.6 Å². The number of carbonyl (C=O) groups excluding carboxylic acids is 7. The number of carboxylic acids is 6. The number of hydrogen-bond acceptors (Lipinski definition) is 17. The highest BCUT2D eigenvalue weighted by Crippen LogP contribution is 2.29. The highest BCUT2D eigenvalue weighted by Gasteiger charge is 2.32. The van der Waals surface area contributed by atoms with Gasteiger partial charge >= 0.3 is 41.8 Å². The van der Waals surface area contributed by atoms with E-state index in [1.165, 1.54) is 0 Å². The second-order valence-electron chi connectivity index (χ2n) is 25.0. The maximum atomic E-state index is 14.1. The minimum Gasteiger partial charge on any atom is -0.481 e. The Hall–Kier alpha value is -8.60. The molecule has 1 saturated carbocycles. The Kier molecular flexibility index (Phi) is 35.8. The zero-order valence-corrected chi connectivity index (χ0v) is 57.8. The number of unbranched alkanes of at least 4 members (excludes halogenated alkanes) is 2. The molecular weight excluding hydrogens is 1400 g/mol. The van der Waals surface area contributed by atoms with Crippen LogP contribution in [0.5, 0.6) is 0 Å². The molecule has 5 rings (SSSR count). The largest absolute Gasteiger partial charge is 0.481 e. The maximum absolute atomic E-state index is 14.1. The number of fused-ring (bicyclic) bond motifs is 1. The van der Waals surface area contributed by atoms with Gasteiger partial charge in [0.05, 0.1) is 32.7 Å². The van der Waals surface area contributed by atoms with Crippen molar-refractivity contribution in [2.75, 3.05) is 105 Å². The van der Waals surface area contributed by atoms with Crippen molar-refractivity contribution in [2.45, 2.75) is 127 Å². The third-order valence-corrected chi connectivity index (χ3v) is 18.0. The predicted octanol–water partition coefficient (Wildman–Crippen LogP) is 1.14. The smallest absolute Gasteiger partial charge is 0.326 e. The maximum Gasteiger partial charge on any atom is 0.326 e. The van der Waals surface area contributed by atoms with Crippen LogP contribution in [0, 0.1) is 15.4 Å². The van der Waals surface area contributed by atoms with Crippen LogP contribution in [0.25, 0.3) is 10.8 Å². The molecule has 1 heterocycles. The van der Waals surface area contributed by atoms with E-state index in [1.54, 1.807) is 19.6 Å². The summed E-state index contributed by atoms with van der Waals surface area (Å²) in [5.41, 5.74) is 1.85. The van der Waals surface area contributed by atoms with Gasteiger partial charge in [0.25, 0.3) is 0 Å². The summed E-state index contributed by atoms with van der Waals surface area (Å²) in [4.78, 5) is 171. The van der Waals surface area contributed by atoms with Gasteiger partial charge in [-0.05, 0) is 146 Å². The lowest BCUT2D eigenvalue weighted by atomic mass is 9.81. The number of nitrogens with zero attached hydrogens (tertiary/aromatic N) is 4. The van der Waals surface area contributed by atoms with Gasteiger partial charge in [-0.15, -0.1) is 0 Å². The van der Waals surface area contributed by atoms with Crippen molar-refractivity contribution < 1.29 is 93.0 Å². The van der Waals surface area contributed by atoms with Gasteiger partial charge in [-0.25, -0.2) is 14.4 Å². The Bertz CT molecular complexity index is 3180. The average Bonchev–Trinajstić information content (AvgIpc) is 0.864. The second-order valence-corrected chi connectivity index (χ2v) is 26.3. The summed E-state index contributed by atoms with van der Waals surface area (Å²) in [6, 6.07) is 15.2. The lowest BCUT2D eigenvalue weighted by Crippen LogP contribution is -2.51. The lowest BCUT2D eigenvalue weighted by molar-refractivity contribution is -0.141. The summed E-state index contributed by atoms with van der Waals surface area (Å²) in [7, 11) is 0. The van der Waals surface area contributed by atoms with Crippen LogP contribution in [0.3, 0.4) is 0 Å². The molecule has 1 aliphatic carbocycles. The Morgan fingerprint density at radius 1 is 0.444 bits per heavy atom. The quantitative estimate of drug-likeness (QED) is 0.0280. The van der Waals surface area contributed by atoms with Gasteiger partial charge in [0.2, 0.25) is 35.4 Å². The number of rotatable bonds is 40. The van der Waals surface area contributed by atoms with E-state index in [9.17, 15) is 87.9 Å². The molecule has 3 aromatic rings. The minimum atomic E-state index is -1.57. The third kappa shape index (κ3) is 32.8. The van der Waals surface area contributed by atoms with E-state index in [0.29, 0.717) is 51.4 Å². The fraction of sp³-hybridized carbons (Fsp3) is 0.567. The van der Waals surface area contributed by atoms with Crippen molar-refractivity contribution in [3.05, 3.63) is 81.4 Å². The topological polar surface area (TPSA) is 452 Å². The van der Waals surface area contributed by atoms with Gasteiger partial charge in [0.15, 0.2) is 0 Å². The van der Waals surface area contributed by atoms with E-state index in [2.05, 4.69) is 65.1 Å². The first-order chi connectivity index (χ1) is 47.3. The van der Waals surface area contributed by atoms with E-state index >= 15 is 0 Å². The normalized spacial score (nSPS) is 17.1. The van der Waals surface area contributed by atoms with Crippen molar-refractivity contribution in [2.24, 2.45) is 11.8 Å². The van der Waals surface area contributed by atoms with Crippen molar-refractivity contribution in [1.29, 1.82) is 0 Å². The minimum absolute atomic E-state index is 0.0538. The molecule has 1 saturated heterocycles. The van der Waals surface area contributed by atoms with Crippen LogP contribution in [0.15, 0.2) is 66.7 Å². The van der Waals surface area contributed by atoms with Crippen molar-refractivity contribution in [3.8, 4) is 0 Å². The number of carboxylic acid groups (broad SMARTS) is 6. The Labute approximate surface area is 587 Å². The molecule has 14 N–H and O–H groups in total. The zero-order chi connectivity index (χ0) is 72.2. The standard InChI is InChI=1S/C67H95IN12O19/c68-50-22-17-44(18-23-50)8-7-13-55(81)71-39-56(82)73-51(11-3-5-26-69-57(83)40-77-28-30-78(41-59(86)87)32-34-80(43-61(90)91)35-33-79(31-29-77)42-60(88)89)63(93)72-38-45-14-20-48(21-15-45)62(92)74-54(37-46-16-19-47-9-1-2-10-49(47)36-46)64(94)70-27-6-4-12-52(65(95)96)75-67(99)76-53(66(97)98)24-25-58(84)85/h1-2,9-10,16-19,22-23,36,45,48,51-54H,3-8,11-15,20-21,24-35,37-43H2,(H,69,83)(H,70,94)(H,71,81)(H,72,93)(H,73,82)(H,74,92)(H,84,85)(H,86,87)(H,88,89)(H,90,91)(H,95,96)(H,97,98)(H2,75,76,99)/t45?,48?,51-,52-,53-,54+/m0/s1. The summed E-state index contributed by atoms with van der Waals surface area (Å²) >= 11 is 2.21. The number of aliphatic carboxylic acids is 6. The molecular formula is C67H95IN12O19. The zero-order valence-electron chi connectivity index (χ0n) is 55.6. The highest BCUT2D eigenvalue weighted by atomic mass is 127. The molecule has 0 radical (unpaired) electrons. The Morgan fingerprint density at radius 3 is 1.49 bits per heavy atom. The first-order valence-electron chi connectivity index (χ1n) is 33.5. The number of nitrogens with one attached hydrogen (secondary N) is 8. The van der Waals surface area contributed by atoms with Gasteiger partial charge < -0.3 is 73.2 Å². The van der Waals surface area contributed by atoms with Gasteiger partial charge in [-0.3, -0.25) is 67.5 Å². The third-order valence-electron chi connectivity index (χ3n) is 17.2. The fourth-order valence-electron chi connectivity index (χ4n) is 11.7. The molecule has 0 aromatic heterocycles. The number of hydrogen-bond donors (Lipinski definition) is 14. The summed E-state index contributed by atoms with van der Waals surface area (Å²) < 4.78 is 1.09. The van der Waals surface area contributed by atoms with Crippen LogP contribution in [-0.2, 0) is 70.4 Å². The molecule has 32 heteroatoms. The number of urea groups is 1. The molecule has 3 aromatic carbocycles. The molecule has 4 atom stereocenters. The number of aryl methyl sites for hydroxylation is 1. The summed E-state index contributed by atoms with van der Waals surface area (Å²) in [5.74, 6) is -10.5. The molecule has 544 valence electrons. The number of amides is 8. The molecule has 2 fully saturated rings. The summed E-state index contributed by atoms with van der Waals surface area (Å²) in [6.45, 7) is 0.907. The molecule has 8 amide bonds. The lowest BCUT2D eigenvalue weighted by Gasteiger charge is -2.32. The van der Waals surface area contributed by atoms with Gasteiger partial charge in [0.1, 0.15) is 24.2 Å². The summed E-state index contributed by atoms with van der Waals surface area (Å²) in [6.07, 6.45) is 3.78. The fourth-order valence-corrected chi connectivity index (χ4v) is 12.0. The van der Waals surface area contributed by atoms with E-state index < -0.39 is 102 Å². The van der Waals surface area contributed by atoms with Gasteiger partial charge in [-0.2, -0.15) is 0 Å². The first-order valence-corrected chi connectivity index (χ1v) is 34.6. The SMILES string of the molecule is O=C(O)CC[C@H](NC(=O)N[C@@H](CCCCNC(=O)[C@@H](Cc1ccc2ccccc2c1)NC(=O)C1CCC(CNC(=O)[C@H](CCCCNC(=O)CN2CCN(CC(=O)O)CCN(CC(=O)O)CCN(CC(=O)O)CC2)NC(=O)CNC(=O)CCCc2ccc(I)cc2)CC1)C(=O)O)C(=O)O. The number of halogens is 1. The molecule has 99 heavy (non-hydrogen) atoms. The molecule has 0 bridgehead atoms. The van der Waals surface area contributed by atoms with E-state index in [4.69, 9.17) is 5.11 Å². The van der Waals surface area contributed by atoms with Crippen LogP contribution in [-0.4, -0.2) is 256 Å². The van der Waals surface area contributed by atoms with E-state index in [1.807, 2.05) is 66.7 Å². The monoisotopic (exact) mass is 1500 g/mol. The molecule has 1 aliphatic heterocycles. The first kappa shape index (κ1) is 81.1. The number of carbonyl (C=O) groups is 13. The van der Waals surface area contributed by atoms with Gasteiger partial charge in [-0.1, -0.05) is 54.6 Å². The van der Waals surface area contributed by atoms with Crippen molar-refractivity contribution >= 4 is 111 Å². The Balaban J connectivity index is 1.15. The Morgan fingerprint density at radius 2 is 0.949 bits per heavy atom. The molecule has 2 aliphatic rings. The van der Waals surface area contributed by atoms with Crippen LogP contribution in [0.4, 0.5) is 4.79 Å². The van der Waals surface area contributed by atoms with Crippen molar-refractivity contribution in [1.82, 2.24) is 62.1 Å². The van der Waals surface area contributed by atoms with E-state index in [0.717, 1.165) is 25.5 Å². The highest BCUT2D eigenvalue weighted by molar-refractivity contribution is 14.1. The molecule has 0 spiro atoms. The molecule has 0 unspecified atom stereocenters. The van der Waals surface area contributed by atoms with Crippen LogP contribution in [0.1, 0.15) is 101 Å². The predicted molar refractivity (Wildman–Crippen MR) is 369 cm³/mol. The summed E-state index contributed by atoms with van der Waals surface area (Å²) in [5, 5.41) is 80.1. The molecule has 31 nitrogen and oxygen atoms in total. The number of benzene rings is 3. The van der Waals surface area contributed by atoms with E-state index in [-0.39, 0.29) is 167 Å². The second kappa shape index (κ2) is 43.7. The van der Waals surface area contributed by atoms with Crippen molar-refractivity contribution in [3.63, 3.8) is 0 Å². The van der Waals surface area contributed by atoms with Gasteiger partial charge in [0, 0.05) is 101 Å². The van der Waals surface area contributed by atoms with Crippen LogP contribution in [0.2, 0.25) is 0 Å². The van der Waals surface area contributed by atoms with Crippen LogP contribution < -0.4 is 42.5 Å². The average molecular weight is 1500 g/mol.